The van der Waals surface area contributed by atoms with Gasteiger partial charge in [0.05, 0.1) is 17.4 Å². The monoisotopic (exact) mass is 236 g/mol. The summed E-state index contributed by atoms with van der Waals surface area (Å²) in [6, 6.07) is 2.07. The van der Waals surface area contributed by atoms with E-state index in [1.807, 2.05) is 13.1 Å². The molecule has 2 aromatic rings. The molecule has 5 heteroatoms. The van der Waals surface area contributed by atoms with E-state index in [1.54, 1.807) is 17.1 Å². The maximum absolute atomic E-state index is 5.82. The van der Waals surface area contributed by atoms with E-state index in [0.717, 1.165) is 23.4 Å². The van der Waals surface area contributed by atoms with Crippen LogP contribution in [0, 0.1) is 6.92 Å². The first-order valence-electron chi connectivity index (χ1n) is 5.07. The van der Waals surface area contributed by atoms with E-state index >= 15 is 0 Å². The Morgan fingerprint density at radius 2 is 2.25 bits per heavy atom. The van der Waals surface area contributed by atoms with Gasteiger partial charge < -0.3 is 5.73 Å². The Morgan fingerprint density at radius 1 is 1.44 bits per heavy atom. The molecule has 0 aliphatic heterocycles. The smallest absolute Gasteiger partial charge is 0.156 e. The molecule has 0 amide bonds. The van der Waals surface area contributed by atoms with Gasteiger partial charge in [0.25, 0.3) is 0 Å². The Hall–Kier alpha value is -1.39. The van der Waals surface area contributed by atoms with Crippen molar-refractivity contribution >= 4 is 11.6 Å². The first-order valence-corrected chi connectivity index (χ1v) is 5.44. The van der Waals surface area contributed by atoms with Gasteiger partial charge in [-0.15, -0.1) is 0 Å². The summed E-state index contributed by atoms with van der Waals surface area (Å²) < 4.78 is 1.67. The second-order valence-electron chi connectivity index (χ2n) is 3.63. The Kier molecular flexibility index (Phi) is 3.22. The summed E-state index contributed by atoms with van der Waals surface area (Å²) in [5, 5.41) is 4.72. The minimum atomic E-state index is 0.604. The lowest BCUT2D eigenvalue weighted by atomic mass is 10.1. The van der Waals surface area contributed by atoms with Gasteiger partial charge in [-0.3, -0.25) is 0 Å². The molecule has 0 saturated heterocycles. The number of hydrogen-bond acceptors (Lipinski definition) is 3. The minimum Gasteiger partial charge on any atom is -0.330 e. The molecular formula is C11H13ClN4. The number of halogens is 1. The van der Waals surface area contributed by atoms with Gasteiger partial charge in [0.15, 0.2) is 5.82 Å². The van der Waals surface area contributed by atoms with Crippen LogP contribution in [0.5, 0.6) is 0 Å². The fraction of sp³-hybridized carbons (Fsp3) is 0.273. The van der Waals surface area contributed by atoms with Gasteiger partial charge in [0.2, 0.25) is 0 Å². The van der Waals surface area contributed by atoms with Gasteiger partial charge in [-0.25, -0.2) is 9.67 Å². The molecule has 16 heavy (non-hydrogen) atoms. The average Bonchev–Trinajstić information content (AvgIpc) is 2.65. The van der Waals surface area contributed by atoms with Crippen molar-refractivity contribution in [1.82, 2.24) is 14.8 Å². The second kappa shape index (κ2) is 4.63. The largest absolute Gasteiger partial charge is 0.330 e. The number of rotatable bonds is 3. The van der Waals surface area contributed by atoms with Gasteiger partial charge in [-0.2, -0.15) is 5.10 Å². The van der Waals surface area contributed by atoms with Crippen LogP contribution in [-0.2, 0) is 6.42 Å². The number of nitrogens with two attached hydrogens (primary N) is 1. The predicted molar refractivity (Wildman–Crippen MR) is 63.9 cm³/mol. The molecule has 0 spiro atoms. The molecule has 84 valence electrons. The summed E-state index contributed by atoms with van der Waals surface area (Å²) in [7, 11) is 0. The fourth-order valence-corrected chi connectivity index (χ4v) is 1.72. The van der Waals surface area contributed by atoms with Crippen molar-refractivity contribution in [2.24, 2.45) is 5.73 Å². The third kappa shape index (κ3) is 2.23. The molecule has 2 rings (SSSR count). The molecule has 0 fully saturated rings. The summed E-state index contributed by atoms with van der Waals surface area (Å²) in [5.41, 5.74) is 7.70. The zero-order valence-electron chi connectivity index (χ0n) is 9.02. The van der Waals surface area contributed by atoms with Crippen molar-refractivity contribution in [3.8, 4) is 5.82 Å². The molecule has 0 unspecified atom stereocenters. The average molecular weight is 237 g/mol. The van der Waals surface area contributed by atoms with Crippen LogP contribution in [0.25, 0.3) is 5.82 Å². The zero-order valence-corrected chi connectivity index (χ0v) is 9.78. The van der Waals surface area contributed by atoms with Gasteiger partial charge in [0.1, 0.15) is 0 Å². The van der Waals surface area contributed by atoms with Crippen molar-refractivity contribution in [1.29, 1.82) is 0 Å². The van der Waals surface area contributed by atoms with Crippen LogP contribution >= 0.6 is 11.6 Å². The number of pyridine rings is 1. The number of aromatic nitrogens is 3. The highest BCUT2D eigenvalue weighted by molar-refractivity contribution is 6.30. The van der Waals surface area contributed by atoms with Crippen LogP contribution in [0.3, 0.4) is 0 Å². The highest BCUT2D eigenvalue weighted by Crippen LogP contribution is 2.14. The van der Waals surface area contributed by atoms with E-state index < -0.39 is 0 Å². The van der Waals surface area contributed by atoms with Crippen molar-refractivity contribution in [3.63, 3.8) is 0 Å². The summed E-state index contributed by atoms with van der Waals surface area (Å²) in [6.07, 6.45) is 5.99. The van der Waals surface area contributed by atoms with Crippen LogP contribution in [0.15, 0.2) is 24.7 Å². The van der Waals surface area contributed by atoms with Gasteiger partial charge >= 0.3 is 0 Å². The van der Waals surface area contributed by atoms with E-state index in [1.165, 1.54) is 0 Å². The number of nitrogens with zero attached hydrogens (tertiary/aromatic N) is 3. The Balaban J connectivity index is 2.36. The van der Waals surface area contributed by atoms with Crippen LogP contribution in [0.4, 0.5) is 0 Å². The quantitative estimate of drug-likeness (QED) is 0.883. The maximum Gasteiger partial charge on any atom is 0.156 e. The van der Waals surface area contributed by atoms with E-state index in [0.29, 0.717) is 11.6 Å². The normalized spacial score (nSPS) is 10.7. The zero-order chi connectivity index (χ0) is 11.5. The lowest BCUT2D eigenvalue weighted by Crippen LogP contribution is -2.06. The number of hydrogen-bond donors (Lipinski definition) is 1. The van der Waals surface area contributed by atoms with Gasteiger partial charge in [-0.1, -0.05) is 17.7 Å². The standard InChI is InChI=1S/C11H13ClN4/c1-8-4-9(2-3-13)5-14-11(8)16-7-10(12)6-15-16/h4-7H,2-3,13H2,1H3. The van der Waals surface area contributed by atoms with Gasteiger partial charge in [0, 0.05) is 6.20 Å². The predicted octanol–water partition coefficient (Wildman–Crippen LogP) is 1.73. The molecule has 0 atom stereocenters. The molecule has 2 heterocycles. The summed E-state index contributed by atoms with van der Waals surface area (Å²) in [5.74, 6) is 0.799. The molecule has 0 radical (unpaired) electrons. The lowest BCUT2D eigenvalue weighted by Gasteiger charge is -2.06. The topological polar surface area (TPSA) is 56.7 Å². The lowest BCUT2D eigenvalue weighted by molar-refractivity contribution is 0.831. The molecule has 2 N–H and O–H groups in total. The third-order valence-corrected chi connectivity index (χ3v) is 2.50. The van der Waals surface area contributed by atoms with Crippen LogP contribution in [0.2, 0.25) is 5.02 Å². The maximum atomic E-state index is 5.82. The Labute approximate surface area is 99.1 Å². The molecule has 0 aliphatic carbocycles. The van der Waals surface area contributed by atoms with Gasteiger partial charge in [-0.05, 0) is 31.0 Å². The fourth-order valence-electron chi connectivity index (χ4n) is 1.59. The molecule has 4 nitrogen and oxygen atoms in total. The molecule has 0 saturated carbocycles. The Morgan fingerprint density at radius 3 is 2.81 bits per heavy atom. The molecular weight excluding hydrogens is 224 g/mol. The summed E-state index contributed by atoms with van der Waals surface area (Å²) in [4.78, 5) is 4.37. The highest BCUT2D eigenvalue weighted by atomic mass is 35.5. The third-order valence-electron chi connectivity index (χ3n) is 2.31. The van der Waals surface area contributed by atoms with E-state index in [9.17, 15) is 0 Å². The van der Waals surface area contributed by atoms with Crippen LogP contribution < -0.4 is 5.73 Å². The van der Waals surface area contributed by atoms with E-state index in [-0.39, 0.29) is 0 Å². The van der Waals surface area contributed by atoms with Crippen molar-refractivity contribution in [3.05, 3.63) is 40.8 Å². The van der Waals surface area contributed by atoms with Crippen LogP contribution in [0.1, 0.15) is 11.1 Å². The number of aryl methyl sites for hydroxylation is 1. The SMILES string of the molecule is Cc1cc(CCN)cnc1-n1cc(Cl)cn1. The van der Waals surface area contributed by atoms with Crippen molar-refractivity contribution in [2.75, 3.05) is 6.54 Å². The highest BCUT2D eigenvalue weighted by Gasteiger charge is 2.05. The summed E-state index contributed by atoms with van der Waals surface area (Å²) in [6.45, 7) is 2.63. The van der Waals surface area contributed by atoms with E-state index in [2.05, 4.69) is 16.1 Å². The van der Waals surface area contributed by atoms with Crippen molar-refractivity contribution < 1.29 is 0 Å². The van der Waals surface area contributed by atoms with E-state index in [4.69, 9.17) is 17.3 Å². The van der Waals surface area contributed by atoms with Crippen molar-refractivity contribution in [2.45, 2.75) is 13.3 Å². The van der Waals surface area contributed by atoms with Crippen LogP contribution in [-0.4, -0.2) is 21.3 Å². The molecule has 0 aliphatic rings. The summed E-state index contributed by atoms with van der Waals surface area (Å²) >= 11 is 5.82. The molecule has 2 aromatic heterocycles. The second-order valence-corrected chi connectivity index (χ2v) is 4.06. The first kappa shape index (κ1) is 11.1. The first-order chi connectivity index (χ1) is 7.70. The molecule has 0 bridgehead atoms. The molecule has 0 aromatic carbocycles. The minimum absolute atomic E-state index is 0.604. The Bertz CT molecular complexity index is 492.